The summed E-state index contributed by atoms with van der Waals surface area (Å²) >= 11 is 3.16. The lowest BCUT2D eigenvalue weighted by molar-refractivity contribution is 0.0699. The summed E-state index contributed by atoms with van der Waals surface area (Å²) < 4.78 is 32.1. The monoisotopic (exact) mass is 305 g/mol. The molecule has 2 nitrogen and oxygen atoms in total. The fourth-order valence-corrected chi connectivity index (χ4v) is 2.46. The van der Waals surface area contributed by atoms with E-state index in [2.05, 4.69) is 21.2 Å². The number of halogens is 3. The molecule has 0 aliphatic carbocycles. The van der Waals surface area contributed by atoms with Crippen LogP contribution in [-0.4, -0.2) is 19.8 Å². The van der Waals surface area contributed by atoms with Crippen LogP contribution in [0.15, 0.2) is 16.6 Å². The van der Waals surface area contributed by atoms with Gasteiger partial charge in [0.25, 0.3) is 0 Å². The maximum absolute atomic E-state index is 13.5. The van der Waals surface area contributed by atoms with Crippen LogP contribution >= 0.6 is 15.9 Å². The number of nitrogens with one attached hydrogen (secondary N) is 1. The predicted octanol–water partition coefficient (Wildman–Crippen LogP) is 3.57. The van der Waals surface area contributed by atoms with Gasteiger partial charge in [0.2, 0.25) is 0 Å². The second-order valence-corrected chi connectivity index (χ2v) is 5.04. The van der Waals surface area contributed by atoms with Gasteiger partial charge in [0.05, 0.1) is 5.69 Å². The van der Waals surface area contributed by atoms with E-state index < -0.39 is 11.6 Å². The Hall–Kier alpha value is -0.680. The van der Waals surface area contributed by atoms with E-state index in [9.17, 15) is 8.78 Å². The van der Waals surface area contributed by atoms with Crippen molar-refractivity contribution in [2.75, 3.05) is 25.1 Å². The molecule has 1 aromatic carbocycles. The molecule has 1 N–H and O–H groups in total. The first-order valence-electron chi connectivity index (χ1n) is 5.63. The summed E-state index contributed by atoms with van der Waals surface area (Å²) in [5, 5.41) is 3.03. The van der Waals surface area contributed by atoms with Gasteiger partial charge < -0.3 is 10.1 Å². The first-order chi connectivity index (χ1) is 8.16. The zero-order valence-electron chi connectivity index (χ0n) is 9.31. The molecule has 1 aliphatic rings. The summed E-state index contributed by atoms with van der Waals surface area (Å²) in [6.07, 6.45) is 1.96. The fraction of sp³-hybridized carbons (Fsp3) is 0.500. The van der Waals surface area contributed by atoms with E-state index in [1.165, 1.54) is 6.07 Å². The van der Waals surface area contributed by atoms with Crippen molar-refractivity contribution >= 4 is 21.6 Å². The van der Waals surface area contributed by atoms with Crippen molar-refractivity contribution < 1.29 is 13.5 Å². The van der Waals surface area contributed by atoms with Gasteiger partial charge in [0.15, 0.2) is 0 Å². The molecule has 0 spiro atoms. The molecule has 1 fully saturated rings. The molecule has 17 heavy (non-hydrogen) atoms. The Morgan fingerprint density at radius 3 is 2.65 bits per heavy atom. The van der Waals surface area contributed by atoms with Crippen LogP contribution in [0.2, 0.25) is 0 Å². The molecule has 1 heterocycles. The largest absolute Gasteiger partial charge is 0.381 e. The Morgan fingerprint density at radius 1 is 1.29 bits per heavy atom. The summed E-state index contributed by atoms with van der Waals surface area (Å²) in [4.78, 5) is 0. The standard InChI is InChI=1S/C12H14BrF2NO/c13-10-5-9(14)6-11(15)12(10)16-7-8-1-3-17-4-2-8/h5-6,8,16H,1-4,7H2. The molecule has 94 valence electrons. The lowest BCUT2D eigenvalue weighted by atomic mass is 10.0. The minimum Gasteiger partial charge on any atom is -0.381 e. The second kappa shape index (κ2) is 5.78. The third-order valence-corrected chi connectivity index (χ3v) is 3.54. The highest BCUT2D eigenvalue weighted by molar-refractivity contribution is 9.10. The van der Waals surface area contributed by atoms with Crippen LogP contribution in [-0.2, 0) is 4.74 Å². The average Bonchev–Trinajstić information content (AvgIpc) is 2.29. The number of rotatable bonds is 3. The number of ether oxygens (including phenoxy) is 1. The van der Waals surface area contributed by atoms with E-state index in [1.54, 1.807) is 0 Å². The highest BCUT2D eigenvalue weighted by atomic mass is 79.9. The number of benzene rings is 1. The number of anilines is 1. The maximum atomic E-state index is 13.5. The van der Waals surface area contributed by atoms with E-state index in [0.29, 0.717) is 22.6 Å². The average molecular weight is 306 g/mol. The molecule has 1 saturated heterocycles. The van der Waals surface area contributed by atoms with Gasteiger partial charge in [-0.1, -0.05) is 0 Å². The van der Waals surface area contributed by atoms with Gasteiger partial charge in [-0.05, 0) is 40.8 Å². The molecular weight excluding hydrogens is 292 g/mol. The molecule has 0 aromatic heterocycles. The lowest BCUT2D eigenvalue weighted by Gasteiger charge is -2.23. The first-order valence-corrected chi connectivity index (χ1v) is 6.42. The lowest BCUT2D eigenvalue weighted by Crippen LogP contribution is -2.23. The molecule has 5 heteroatoms. The molecule has 0 radical (unpaired) electrons. The van der Waals surface area contributed by atoms with E-state index in [-0.39, 0.29) is 0 Å². The van der Waals surface area contributed by atoms with E-state index >= 15 is 0 Å². The number of hydrogen-bond donors (Lipinski definition) is 1. The van der Waals surface area contributed by atoms with Crippen LogP contribution in [0.3, 0.4) is 0 Å². The molecule has 0 unspecified atom stereocenters. The van der Waals surface area contributed by atoms with Crippen molar-refractivity contribution in [3.63, 3.8) is 0 Å². The Bertz CT molecular complexity index is 371. The van der Waals surface area contributed by atoms with Gasteiger partial charge in [-0.3, -0.25) is 0 Å². The van der Waals surface area contributed by atoms with Crippen molar-refractivity contribution in [2.45, 2.75) is 12.8 Å². The fourth-order valence-electron chi connectivity index (χ4n) is 1.91. The second-order valence-electron chi connectivity index (χ2n) is 4.18. The van der Waals surface area contributed by atoms with Crippen molar-refractivity contribution in [2.24, 2.45) is 5.92 Å². The molecule has 0 atom stereocenters. The molecular formula is C12H14BrF2NO. The highest BCUT2D eigenvalue weighted by Gasteiger charge is 2.15. The SMILES string of the molecule is Fc1cc(F)c(NCC2CCOCC2)c(Br)c1. The van der Waals surface area contributed by atoms with Gasteiger partial charge in [-0.15, -0.1) is 0 Å². The molecule has 0 bridgehead atoms. The van der Waals surface area contributed by atoms with Gasteiger partial charge in [0, 0.05) is 30.3 Å². The molecule has 0 amide bonds. The highest BCUT2D eigenvalue weighted by Crippen LogP contribution is 2.27. The molecule has 0 saturated carbocycles. The third kappa shape index (κ3) is 3.39. The smallest absolute Gasteiger partial charge is 0.150 e. The van der Waals surface area contributed by atoms with Gasteiger partial charge in [-0.25, -0.2) is 8.78 Å². The van der Waals surface area contributed by atoms with Gasteiger partial charge >= 0.3 is 0 Å². The molecule has 1 aromatic rings. The third-order valence-electron chi connectivity index (χ3n) is 2.92. The molecule has 1 aliphatic heterocycles. The maximum Gasteiger partial charge on any atom is 0.150 e. The normalized spacial score (nSPS) is 17.1. The summed E-state index contributed by atoms with van der Waals surface area (Å²) in [7, 11) is 0. The van der Waals surface area contributed by atoms with E-state index in [0.717, 1.165) is 32.1 Å². The van der Waals surface area contributed by atoms with Crippen LogP contribution in [0.25, 0.3) is 0 Å². The summed E-state index contributed by atoms with van der Waals surface area (Å²) in [6.45, 7) is 2.21. The first kappa shape index (κ1) is 12.8. The quantitative estimate of drug-likeness (QED) is 0.922. The minimum absolute atomic E-state index is 0.331. The predicted molar refractivity (Wildman–Crippen MR) is 66.1 cm³/mol. The van der Waals surface area contributed by atoms with Crippen molar-refractivity contribution in [1.82, 2.24) is 0 Å². The van der Waals surface area contributed by atoms with Crippen LogP contribution in [0.1, 0.15) is 12.8 Å². The Morgan fingerprint density at radius 2 is 2.00 bits per heavy atom. The molecule has 2 rings (SSSR count). The van der Waals surface area contributed by atoms with Crippen LogP contribution in [0, 0.1) is 17.6 Å². The zero-order chi connectivity index (χ0) is 12.3. The Kier molecular flexibility index (Phi) is 4.34. The van der Waals surface area contributed by atoms with Gasteiger partial charge in [0.1, 0.15) is 11.6 Å². The van der Waals surface area contributed by atoms with Crippen molar-refractivity contribution in [1.29, 1.82) is 0 Å². The number of hydrogen-bond acceptors (Lipinski definition) is 2. The van der Waals surface area contributed by atoms with Crippen LogP contribution in [0.5, 0.6) is 0 Å². The van der Waals surface area contributed by atoms with Gasteiger partial charge in [-0.2, -0.15) is 0 Å². The minimum atomic E-state index is -0.578. The zero-order valence-corrected chi connectivity index (χ0v) is 10.9. The Balaban J connectivity index is 1.98. The van der Waals surface area contributed by atoms with Crippen LogP contribution in [0.4, 0.5) is 14.5 Å². The van der Waals surface area contributed by atoms with E-state index in [4.69, 9.17) is 4.74 Å². The summed E-state index contributed by atoms with van der Waals surface area (Å²) in [5.41, 5.74) is 0.331. The van der Waals surface area contributed by atoms with E-state index in [1.807, 2.05) is 0 Å². The summed E-state index contributed by atoms with van der Waals surface area (Å²) in [6, 6.07) is 2.15. The van der Waals surface area contributed by atoms with Crippen LogP contribution < -0.4 is 5.32 Å². The summed E-state index contributed by atoms with van der Waals surface area (Å²) in [5.74, 6) is -0.657. The van der Waals surface area contributed by atoms with Crippen molar-refractivity contribution in [3.05, 3.63) is 28.2 Å². The topological polar surface area (TPSA) is 21.3 Å². The Labute approximate surface area is 107 Å². The van der Waals surface area contributed by atoms with Crippen molar-refractivity contribution in [3.8, 4) is 0 Å².